The topological polar surface area (TPSA) is 63.2 Å². The maximum Gasteiger partial charge on any atom is 0.254 e. The number of ether oxygens (including phenoxy) is 2. The molecule has 1 N–H and O–H groups in total. The molecule has 1 heterocycles. The standard InChI is InChI=1S/C17H25N3O3/c1-3-14(2)23-16-7-5-4-6-15(16)12-18-19-17(21)13-20-8-10-22-11-9-20/h4-7,12,14H,3,8-11,13H2,1-2H3,(H,19,21)/b18-12-/t14-/m1/s1. The van der Waals surface area contributed by atoms with Gasteiger partial charge in [0, 0.05) is 18.7 Å². The normalized spacial score (nSPS) is 17.1. The molecule has 0 bridgehead atoms. The van der Waals surface area contributed by atoms with E-state index in [9.17, 15) is 4.79 Å². The van der Waals surface area contributed by atoms with Crippen molar-refractivity contribution in [2.75, 3.05) is 32.8 Å². The van der Waals surface area contributed by atoms with Gasteiger partial charge in [-0.3, -0.25) is 9.69 Å². The molecular formula is C17H25N3O3. The molecule has 0 radical (unpaired) electrons. The van der Waals surface area contributed by atoms with E-state index in [2.05, 4.69) is 17.5 Å². The monoisotopic (exact) mass is 319 g/mol. The van der Waals surface area contributed by atoms with Crippen molar-refractivity contribution in [3.05, 3.63) is 29.8 Å². The molecule has 1 atom stereocenters. The van der Waals surface area contributed by atoms with Crippen LogP contribution in [0.4, 0.5) is 0 Å². The van der Waals surface area contributed by atoms with Crippen molar-refractivity contribution < 1.29 is 14.3 Å². The van der Waals surface area contributed by atoms with Crippen LogP contribution in [0.15, 0.2) is 29.4 Å². The van der Waals surface area contributed by atoms with E-state index < -0.39 is 0 Å². The third-order valence-electron chi connectivity index (χ3n) is 3.69. The molecule has 1 aromatic rings. The Morgan fingerprint density at radius 3 is 2.91 bits per heavy atom. The number of nitrogens with zero attached hydrogens (tertiary/aromatic N) is 2. The fraction of sp³-hybridized carbons (Fsp3) is 0.529. The number of carbonyl (C=O) groups is 1. The van der Waals surface area contributed by atoms with Crippen LogP contribution in [-0.2, 0) is 9.53 Å². The van der Waals surface area contributed by atoms with E-state index in [1.54, 1.807) is 6.21 Å². The van der Waals surface area contributed by atoms with E-state index in [0.717, 1.165) is 30.8 Å². The number of carbonyl (C=O) groups excluding carboxylic acids is 1. The molecule has 6 nitrogen and oxygen atoms in total. The van der Waals surface area contributed by atoms with Crippen LogP contribution in [0, 0.1) is 0 Å². The lowest BCUT2D eigenvalue weighted by atomic mass is 10.2. The summed E-state index contributed by atoms with van der Waals surface area (Å²) in [6.07, 6.45) is 2.69. The van der Waals surface area contributed by atoms with Crippen LogP contribution in [0.2, 0.25) is 0 Å². The average Bonchev–Trinajstić information content (AvgIpc) is 2.57. The maximum atomic E-state index is 11.9. The third-order valence-corrected chi connectivity index (χ3v) is 3.69. The molecular weight excluding hydrogens is 294 g/mol. The Kier molecular flexibility index (Phi) is 7.03. The smallest absolute Gasteiger partial charge is 0.254 e. The Hall–Kier alpha value is -1.92. The van der Waals surface area contributed by atoms with Gasteiger partial charge < -0.3 is 9.47 Å². The van der Waals surface area contributed by atoms with Crippen LogP contribution in [0.3, 0.4) is 0 Å². The van der Waals surface area contributed by atoms with Gasteiger partial charge in [-0.25, -0.2) is 5.43 Å². The van der Waals surface area contributed by atoms with Crippen LogP contribution in [0.1, 0.15) is 25.8 Å². The van der Waals surface area contributed by atoms with Crippen molar-refractivity contribution in [3.63, 3.8) is 0 Å². The Balaban J connectivity index is 1.86. The number of amides is 1. The van der Waals surface area contributed by atoms with Gasteiger partial charge in [-0.1, -0.05) is 19.1 Å². The number of morpholine rings is 1. The molecule has 0 spiro atoms. The lowest BCUT2D eigenvalue weighted by molar-refractivity contribution is -0.123. The lowest BCUT2D eigenvalue weighted by Gasteiger charge is -2.25. The van der Waals surface area contributed by atoms with E-state index in [1.807, 2.05) is 36.1 Å². The summed E-state index contributed by atoms with van der Waals surface area (Å²) in [6.45, 7) is 7.36. The lowest BCUT2D eigenvalue weighted by Crippen LogP contribution is -2.42. The van der Waals surface area contributed by atoms with Crippen LogP contribution in [0.25, 0.3) is 0 Å². The fourth-order valence-corrected chi connectivity index (χ4v) is 2.17. The second-order valence-electron chi connectivity index (χ2n) is 5.56. The highest BCUT2D eigenvalue weighted by molar-refractivity contribution is 5.85. The van der Waals surface area contributed by atoms with E-state index in [4.69, 9.17) is 9.47 Å². The second kappa shape index (κ2) is 9.27. The quantitative estimate of drug-likeness (QED) is 0.613. The van der Waals surface area contributed by atoms with Crippen molar-refractivity contribution in [2.45, 2.75) is 26.4 Å². The zero-order chi connectivity index (χ0) is 16.5. The number of hydrazone groups is 1. The van der Waals surface area contributed by atoms with Crippen LogP contribution < -0.4 is 10.2 Å². The molecule has 1 aliphatic heterocycles. The first-order chi connectivity index (χ1) is 11.2. The molecule has 0 saturated carbocycles. The highest BCUT2D eigenvalue weighted by atomic mass is 16.5. The van der Waals surface area contributed by atoms with Gasteiger partial charge in [0.2, 0.25) is 0 Å². The summed E-state index contributed by atoms with van der Waals surface area (Å²) >= 11 is 0. The molecule has 126 valence electrons. The van der Waals surface area contributed by atoms with Gasteiger partial charge in [0.25, 0.3) is 5.91 Å². The number of hydrogen-bond acceptors (Lipinski definition) is 5. The maximum absolute atomic E-state index is 11.9. The summed E-state index contributed by atoms with van der Waals surface area (Å²) in [7, 11) is 0. The van der Waals surface area contributed by atoms with Crippen LogP contribution in [0.5, 0.6) is 5.75 Å². The third kappa shape index (κ3) is 6.00. The van der Waals surface area contributed by atoms with Crippen LogP contribution in [-0.4, -0.2) is 56.0 Å². The van der Waals surface area contributed by atoms with E-state index >= 15 is 0 Å². The molecule has 1 aliphatic rings. The molecule has 2 rings (SSSR count). The van der Waals surface area contributed by atoms with Crippen molar-refractivity contribution in [2.24, 2.45) is 5.10 Å². The molecule has 0 unspecified atom stereocenters. The Bertz CT molecular complexity index is 528. The molecule has 1 aromatic carbocycles. The number of rotatable bonds is 7. The summed E-state index contributed by atoms with van der Waals surface area (Å²) in [6, 6.07) is 7.66. The number of hydrogen-bond donors (Lipinski definition) is 1. The molecule has 0 aromatic heterocycles. The van der Waals surface area contributed by atoms with E-state index in [0.29, 0.717) is 19.8 Å². The van der Waals surface area contributed by atoms with Crippen LogP contribution >= 0.6 is 0 Å². The van der Waals surface area contributed by atoms with Crippen molar-refractivity contribution in [1.29, 1.82) is 0 Å². The van der Waals surface area contributed by atoms with Gasteiger partial charge in [0.1, 0.15) is 5.75 Å². The zero-order valence-corrected chi connectivity index (χ0v) is 13.8. The van der Waals surface area contributed by atoms with Gasteiger partial charge in [0.15, 0.2) is 0 Å². The molecule has 23 heavy (non-hydrogen) atoms. The number of benzene rings is 1. The van der Waals surface area contributed by atoms with Crippen molar-refractivity contribution >= 4 is 12.1 Å². The van der Waals surface area contributed by atoms with Crippen molar-refractivity contribution in [1.82, 2.24) is 10.3 Å². The predicted molar refractivity (Wildman–Crippen MR) is 89.8 cm³/mol. The predicted octanol–water partition coefficient (Wildman–Crippen LogP) is 1.65. The summed E-state index contributed by atoms with van der Waals surface area (Å²) < 4.78 is 11.1. The SMILES string of the molecule is CC[C@@H](C)Oc1ccccc1/C=N\NC(=O)CN1CCOCC1. The van der Waals surface area contributed by atoms with Crippen molar-refractivity contribution in [3.8, 4) is 5.75 Å². The zero-order valence-electron chi connectivity index (χ0n) is 13.8. The van der Waals surface area contributed by atoms with Gasteiger partial charge in [-0.15, -0.1) is 0 Å². The molecule has 1 saturated heterocycles. The van der Waals surface area contributed by atoms with Gasteiger partial charge in [0.05, 0.1) is 32.1 Å². The molecule has 6 heteroatoms. The van der Waals surface area contributed by atoms with Gasteiger partial charge in [-0.05, 0) is 25.5 Å². The number of nitrogens with one attached hydrogen (secondary N) is 1. The Morgan fingerprint density at radius 2 is 2.17 bits per heavy atom. The van der Waals surface area contributed by atoms with Gasteiger partial charge >= 0.3 is 0 Å². The average molecular weight is 319 g/mol. The Labute approximate surface area is 137 Å². The molecule has 1 fully saturated rings. The summed E-state index contributed by atoms with van der Waals surface area (Å²) in [5.74, 6) is 0.650. The largest absolute Gasteiger partial charge is 0.490 e. The minimum Gasteiger partial charge on any atom is -0.490 e. The Morgan fingerprint density at radius 1 is 1.43 bits per heavy atom. The van der Waals surface area contributed by atoms with E-state index in [-0.39, 0.29) is 12.0 Å². The molecule has 0 aliphatic carbocycles. The first-order valence-electron chi connectivity index (χ1n) is 8.06. The highest BCUT2D eigenvalue weighted by Gasteiger charge is 2.13. The summed E-state index contributed by atoms with van der Waals surface area (Å²) in [4.78, 5) is 13.9. The summed E-state index contributed by atoms with van der Waals surface area (Å²) in [5.41, 5.74) is 3.41. The molecule has 1 amide bonds. The number of para-hydroxylation sites is 1. The summed E-state index contributed by atoms with van der Waals surface area (Å²) in [5, 5.41) is 4.04. The minimum atomic E-state index is -0.122. The second-order valence-corrected chi connectivity index (χ2v) is 5.56. The fourth-order valence-electron chi connectivity index (χ4n) is 2.17. The van der Waals surface area contributed by atoms with E-state index in [1.165, 1.54) is 0 Å². The first kappa shape index (κ1) is 17.4. The highest BCUT2D eigenvalue weighted by Crippen LogP contribution is 2.18. The minimum absolute atomic E-state index is 0.122. The van der Waals surface area contributed by atoms with Gasteiger partial charge in [-0.2, -0.15) is 5.10 Å². The first-order valence-corrected chi connectivity index (χ1v) is 8.06.